The van der Waals surface area contributed by atoms with Crippen molar-refractivity contribution < 1.29 is 14.4 Å². The Hall–Kier alpha value is -4.18. The van der Waals surface area contributed by atoms with Crippen LogP contribution in [-0.2, 0) is 4.79 Å². The molecule has 9 nitrogen and oxygen atoms in total. The van der Waals surface area contributed by atoms with Gasteiger partial charge < -0.3 is 16.0 Å². The van der Waals surface area contributed by atoms with Crippen LogP contribution in [0.1, 0.15) is 22.3 Å². The smallest absolute Gasteiger partial charge is 0.325 e. The van der Waals surface area contributed by atoms with Gasteiger partial charge in [0.05, 0.1) is 22.7 Å². The van der Waals surface area contributed by atoms with Crippen LogP contribution in [0.4, 0.5) is 26.9 Å². The van der Waals surface area contributed by atoms with Crippen molar-refractivity contribution in [2.45, 2.75) is 13.3 Å². The second kappa shape index (κ2) is 11.6. The predicted molar refractivity (Wildman–Crippen MR) is 137 cm³/mol. The van der Waals surface area contributed by atoms with Crippen molar-refractivity contribution in [1.29, 1.82) is 0 Å². The second-order valence-corrected chi connectivity index (χ2v) is 8.36. The monoisotopic (exact) mass is 478 g/mol. The number of nitrogens with one attached hydrogen (secondary N) is 3. The van der Waals surface area contributed by atoms with Gasteiger partial charge in [-0.05, 0) is 54.8 Å². The van der Waals surface area contributed by atoms with Gasteiger partial charge in [-0.2, -0.15) is 0 Å². The number of nitrogens with two attached hydrogens (primary N) is 1. The Morgan fingerprint density at radius 3 is 2.56 bits per heavy atom. The molecule has 0 aliphatic rings. The first-order valence-corrected chi connectivity index (χ1v) is 11.4. The number of carbonyl (C=O) groups is 3. The number of aliphatic imine (C=N–C) groups is 1. The van der Waals surface area contributed by atoms with Gasteiger partial charge in [-0.1, -0.05) is 17.7 Å². The number of anilines is 3. The maximum absolute atomic E-state index is 12.9. The third-order valence-electron chi connectivity index (χ3n) is 4.82. The summed E-state index contributed by atoms with van der Waals surface area (Å²) in [5.41, 5.74) is 8.56. The molecular formula is C24H26N6O3S. The fourth-order valence-electron chi connectivity index (χ4n) is 2.97. The quantitative estimate of drug-likeness (QED) is 0.272. The highest BCUT2D eigenvalue weighted by Gasteiger charge is 2.15. The summed E-state index contributed by atoms with van der Waals surface area (Å²) in [6.07, 6.45) is 1.42. The lowest BCUT2D eigenvalue weighted by Crippen LogP contribution is -2.27. The van der Waals surface area contributed by atoms with E-state index in [0.717, 1.165) is 5.56 Å². The Labute approximate surface area is 201 Å². The SMILES string of the molecule is Cc1ccc(C(=O)N(C)c2ccc(NCCC(N)=O)c(N=CNC(=O)Nc3cccs3)c2)cc1. The van der Waals surface area contributed by atoms with Crippen LogP contribution in [0.3, 0.4) is 0 Å². The van der Waals surface area contributed by atoms with E-state index in [9.17, 15) is 14.4 Å². The number of rotatable bonds is 9. The van der Waals surface area contributed by atoms with Gasteiger partial charge in [-0.3, -0.25) is 20.2 Å². The van der Waals surface area contributed by atoms with Crippen LogP contribution in [0.15, 0.2) is 65.0 Å². The molecule has 1 aromatic heterocycles. The average Bonchev–Trinajstić information content (AvgIpc) is 3.32. The minimum absolute atomic E-state index is 0.151. The molecule has 0 radical (unpaired) electrons. The molecule has 0 fully saturated rings. The van der Waals surface area contributed by atoms with Crippen LogP contribution in [-0.4, -0.2) is 37.8 Å². The minimum atomic E-state index is -0.433. The Kier molecular flexibility index (Phi) is 8.36. The normalized spacial score (nSPS) is 10.6. The molecule has 3 rings (SSSR count). The number of hydrogen-bond acceptors (Lipinski definition) is 6. The van der Waals surface area contributed by atoms with Crippen LogP contribution >= 0.6 is 11.3 Å². The molecule has 0 aliphatic heterocycles. The fourth-order valence-corrected chi connectivity index (χ4v) is 3.58. The number of thiophene rings is 1. The third kappa shape index (κ3) is 6.91. The Balaban J connectivity index is 1.77. The van der Waals surface area contributed by atoms with E-state index >= 15 is 0 Å². The van der Waals surface area contributed by atoms with Gasteiger partial charge >= 0.3 is 6.03 Å². The Morgan fingerprint density at radius 1 is 1.12 bits per heavy atom. The zero-order valence-corrected chi connectivity index (χ0v) is 19.7. The van der Waals surface area contributed by atoms with Crippen LogP contribution in [0, 0.1) is 6.92 Å². The van der Waals surface area contributed by atoms with Crippen molar-refractivity contribution in [3.63, 3.8) is 0 Å². The molecule has 34 heavy (non-hydrogen) atoms. The molecule has 0 aliphatic carbocycles. The minimum Gasteiger partial charge on any atom is -0.383 e. The molecule has 0 bridgehead atoms. The molecule has 1 heterocycles. The van der Waals surface area contributed by atoms with Gasteiger partial charge in [-0.25, -0.2) is 9.79 Å². The van der Waals surface area contributed by atoms with Crippen LogP contribution in [0.25, 0.3) is 0 Å². The molecule has 0 atom stereocenters. The van der Waals surface area contributed by atoms with Gasteiger partial charge in [-0.15, -0.1) is 11.3 Å². The molecule has 0 saturated heterocycles. The first kappa shape index (κ1) is 24.5. The van der Waals surface area contributed by atoms with Crippen molar-refractivity contribution in [1.82, 2.24) is 5.32 Å². The van der Waals surface area contributed by atoms with E-state index in [1.54, 1.807) is 43.4 Å². The van der Waals surface area contributed by atoms with Crippen LogP contribution < -0.4 is 26.6 Å². The maximum Gasteiger partial charge on any atom is 0.325 e. The molecule has 4 amide bonds. The first-order valence-electron chi connectivity index (χ1n) is 10.5. The highest BCUT2D eigenvalue weighted by atomic mass is 32.1. The lowest BCUT2D eigenvalue weighted by atomic mass is 10.1. The van der Waals surface area contributed by atoms with E-state index in [1.807, 2.05) is 30.5 Å². The topological polar surface area (TPSA) is 129 Å². The van der Waals surface area contributed by atoms with Crippen molar-refractivity contribution in [3.8, 4) is 0 Å². The zero-order chi connectivity index (χ0) is 24.5. The molecule has 0 spiro atoms. The summed E-state index contributed by atoms with van der Waals surface area (Å²) in [6, 6.07) is 15.8. The number of urea groups is 1. The van der Waals surface area contributed by atoms with Crippen molar-refractivity contribution in [3.05, 3.63) is 71.1 Å². The molecule has 176 valence electrons. The van der Waals surface area contributed by atoms with Crippen LogP contribution in [0.5, 0.6) is 0 Å². The molecule has 2 aromatic carbocycles. The largest absolute Gasteiger partial charge is 0.383 e. The molecule has 3 aromatic rings. The molecule has 0 unspecified atom stereocenters. The highest BCUT2D eigenvalue weighted by molar-refractivity contribution is 7.14. The van der Waals surface area contributed by atoms with E-state index < -0.39 is 11.9 Å². The molecular weight excluding hydrogens is 452 g/mol. The van der Waals surface area contributed by atoms with Gasteiger partial charge in [0.2, 0.25) is 5.91 Å². The highest BCUT2D eigenvalue weighted by Crippen LogP contribution is 2.30. The molecule has 5 N–H and O–H groups in total. The standard InChI is InChI=1S/C24H26N6O3S/c1-16-5-7-17(8-6-16)23(32)30(2)18-9-10-19(26-12-11-21(25)31)20(14-18)27-15-28-24(33)29-22-4-3-13-34-22/h3-10,13-15,26H,11-12H2,1-2H3,(H2,25,31)(H2,27,28,29,33). The summed E-state index contributed by atoms with van der Waals surface area (Å²) in [5, 5.41) is 10.9. The van der Waals surface area contributed by atoms with E-state index in [1.165, 1.54) is 22.6 Å². The number of benzene rings is 2. The van der Waals surface area contributed by atoms with E-state index in [2.05, 4.69) is 20.9 Å². The van der Waals surface area contributed by atoms with Gasteiger partial charge in [0.1, 0.15) is 0 Å². The summed E-state index contributed by atoms with van der Waals surface area (Å²) >= 11 is 1.40. The summed E-state index contributed by atoms with van der Waals surface area (Å²) in [4.78, 5) is 41.9. The van der Waals surface area contributed by atoms with Crippen molar-refractivity contribution >= 4 is 57.6 Å². The average molecular weight is 479 g/mol. The number of primary amides is 1. The summed E-state index contributed by atoms with van der Waals surface area (Å²) < 4.78 is 0. The van der Waals surface area contributed by atoms with Crippen molar-refractivity contribution in [2.75, 3.05) is 29.1 Å². The number of amides is 4. The third-order valence-corrected chi connectivity index (χ3v) is 5.60. The Morgan fingerprint density at radius 2 is 1.88 bits per heavy atom. The molecule has 0 saturated carbocycles. The predicted octanol–water partition coefficient (Wildman–Crippen LogP) is 4.10. The van der Waals surface area contributed by atoms with E-state index in [0.29, 0.717) is 34.2 Å². The van der Waals surface area contributed by atoms with Gasteiger partial charge in [0, 0.05) is 31.3 Å². The van der Waals surface area contributed by atoms with Gasteiger partial charge in [0.15, 0.2) is 0 Å². The van der Waals surface area contributed by atoms with E-state index in [4.69, 9.17) is 5.73 Å². The van der Waals surface area contributed by atoms with Gasteiger partial charge in [0.25, 0.3) is 5.91 Å². The lowest BCUT2D eigenvalue weighted by Gasteiger charge is -2.19. The summed E-state index contributed by atoms with van der Waals surface area (Å²) in [6.45, 7) is 2.28. The lowest BCUT2D eigenvalue weighted by molar-refractivity contribution is -0.117. The van der Waals surface area contributed by atoms with E-state index in [-0.39, 0.29) is 12.3 Å². The zero-order valence-electron chi connectivity index (χ0n) is 18.9. The fraction of sp³-hybridized carbons (Fsp3) is 0.167. The maximum atomic E-state index is 12.9. The second-order valence-electron chi connectivity index (χ2n) is 7.41. The van der Waals surface area contributed by atoms with Crippen LogP contribution in [0.2, 0.25) is 0 Å². The summed E-state index contributed by atoms with van der Waals surface area (Å²) in [5.74, 6) is -0.595. The van der Waals surface area contributed by atoms with Crippen molar-refractivity contribution in [2.24, 2.45) is 10.7 Å². The number of carbonyl (C=O) groups excluding carboxylic acids is 3. The number of aryl methyl sites for hydroxylation is 1. The molecule has 10 heteroatoms. The Bertz CT molecular complexity index is 1180. The summed E-state index contributed by atoms with van der Waals surface area (Å²) in [7, 11) is 1.68. The number of nitrogens with zero attached hydrogens (tertiary/aromatic N) is 2. The number of hydrogen-bond donors (Lipinski definition) is 4. The first-order chi connectivity index (χ1) is 16.3.